The number of ether oxygens (including phenoxy) is 2. The highest BCUT2D eigenvalue weighted by Crippen LogP contribution is 2.36. The Kier molecular flexibility index (Phi) is 3.98. The second-order valence-corrected chi connectivity index (χ2v) is 4.40. The molecule has 0 fully saturated rings. The van der Waals surface area contributed by atoms with Crippen LogP contribution in [0.2, 0.25) is 0 Å². The molecule has 21 heavy (non-hydrogen) atoms. The van der Waals surface area contributed by atoms with E-state index in [9.17, 15) is 9.18 Å². The van der Waals surface area contributed by atoms with Crippen LogP contribution in [0.3, 0.4) is 0 Å². The van der Waals surface area contributed by atoms with Crippen molar-refractivity contribution in [2.75, 3.05) is 12.8 Å². The lowest BCUT2D eigenvalue weighted by atomic mass is 10.1. The topological polar surface area (TPSA) is 81.8 Å². The van der Waals surface area contributed by atoms with E-state index >= 15 is 0 Å². The normalized spacial score (nSPS) is 10.2. The molecule has 0 aliphatic rings. The molecule has 3 N–H and O–H groups in total. The Hall–Kier alpha value is -2.76. The number of aryl methyl sites for hydroxylation is 1. The number of anilines is 1. The number of aromatic carboxylic acids is 1. The molecule has 0 spiro atoms. The number of rotatable bonds is 4. The molecule has 0 heterocycles. The third-order valence-corrected chi connectivity index (χ3v) is 2.91. The molecule has 6 heteroatoms. The van der Waals surface area contributed by atoms with E-state index in [4.69, 9.17) is 20.3 Å². The zero-order chi connectivity index (χ0) is 15.6. The van der Waals surface area contributed by atoms with Crippen molar-refractivity contribution >= 4 is 11.7 Å². The van der Waals surface area contributed by atoms with Gasteiger partial charge in [0.1, 0.15) is 17.1 Å². The quantitative estimate of drug-likeness (QED) is 0.845. The number of carboxylic acid groups (broad SMARTS) is 1. The van der Waals surface area contributed by atoms with Crippen molar-refractivity contribution in [1.82, 2.24) is 0 Å². The number of carboxylic acids is 1. The third kappa shape index (κ3) is 2.89. The van der Waals surface area contributed by atoms with E-state index in [0.717, 1.165) is 11.6 Å². The summed E-state index contributed by atoms with van der Waals surface area (Å²) < 4.78 is 24.1. The van der Waals surface area contributed by atoms with Crippen molar-refractivity contribution in [3.8, 4) is 17.2 Å². The lowest BCUT2D eigenvalue weighted by molar-refractivity contribution is 0.0695. The zero-order valence-corrected chi connectivity index (χ0v) is 11.5. The smallest absolute Gasteiger partial charge is 0.341 e. The number of benzene rings is 2. The monoisotopic (exact) mass is 291 g/mol. The second kappa shape index (κ2) is 5.70. The first-order chi connectivity index (χ1) is 9.93. The fourth-order valence-corrected chi connectivity index (χ4v) is 1.86. The van der Waals surface area contributed by atoms with Crippen LogP contribution in [0.4, 0.5) is 10.1 Å². The van der Waals surface area contributed by atoms with Gasteiger partial charge in [-0.2, -0.15) is 0 Å². The molecule has 0 unspecified atom stereocenters. The Morgan fingerprint density at radius 1 is 1.19 bits per heavy atom. The number of carbonyl (C=O) groups is 1. The molecule has 0 saturated carbocycles. The van der Waals surface area contributed by atoms with Gasteiger partial charge in [-0.1, -0.05) is 6.07 Å². The van der Waals surface area contributed by atoms with Crippen molar-refractivity contribution < 1.29 is 23.8 Å². The fraction of sp³-hybridized carbons (Fsp3) is 0.133. The second-order valence-electron chi connectivity index (χ2n) is 4.40. The molecule has 0 amide bonds. The molecule has 0 bridgehead atoms. The van der Waals surface area contributed by atoms with E-state index in [-0.39, 0.29) is 5.75 Å². The first kappa shape index (κ1) is 14.6. The van der Waals surface area contributed by atoms with Crippen LogP contribution in [0.1, 0.15) is 15.9 Å². The van der Waals surface area contributed by atoms with Crippen molar-refractivity contribution in [3.05, 3.63) is 47.3 Å². The van der Waals surface area contributed by atoms with E-state index in [0.29, 0.717) is 11.5 Å². The molecular weight excluding hydrogens is 277 g/mol. The number of hydrogen-bond acceptors (Lipinski definition) is 4. The number of nitrogen functional groups attached to an aromatic ring is 1. The van der Waals surface area contributed by atoms with Crippen LogP contribution in [0.5, 0.6) is 17.2 Å². The molecule has 0 radical (unpaired) electrons. The number of nitrogens with two attached hydrogens (primary N) is 1. The van der Waals surface area contributed by atoms with Crippen LogP contribution in [-0.2, 0) is 0 Å². The maximum atomic E-state index is 13.4. The first-order valence-corrected chi connectivity index (χ1v) is 6.07. The summed E-state index contributed by atoms with van der Waals surface area (Å²) in [6, 6.07) is 7.43. The number of methoxy groups -OCH3 is 1. The maximum Gasteiger partial charge on any atom is 0.341 e. The third-order valence-electron chi connectivity index (χ3n) is 2.91. The molecular formula is C15H14FNO4. The highest BCUT2D eigenvalue weighted by molar-refractivity contribution is 5.97. The minimum atomic E-state index is -1.37. The van der Waals surface area contributed by atoms with Gasteiger partial charge >= 0.3 is 5.97 Å². The predicted octanol–water partition coefficient (Wildman–Crippen LogP) is 3.22. The van der Waals surface area contributed by atoms with Crippen LogP contribution in [0.15, 0.2) is 30.3 Å². The Morgan fingerprint density at radius 3 is 2.48 bits per heavy atom. The van der Waals surface area contributed by atoms with Crippen LogP contribution >= 0.6 is 0 Å². The molecule has 2 aromatic carbocycles. The van der Waals surface area contributed by atoms with E-state index in [1.165, 1.54) is 13.2 Å². The summed E-state index contributed by atoms with van der Waals surface area (Å²) in [6.07, 6.45) is 0. The minimum absolute atomic E-state index is 0.0523. The molecule has 0 saturated heterocycles. The average molecular weight is 291 g/mol. The van der Waals surface area contributed by atoms with Crippen LogP contribution in [-0.4, -0.2) is 18.2 Å². The van der Waals surface area contributed by atoms with Gasteiger partial charge < -0.3 is 20.3 Å². The van der Waals surface area contributed by atoms with Crippen molar-refractivity contribution in [1.29, 1.82) is 0 Å². The average Bonchev–Trinajstić information content (AvgIpc) is 2.44. The predicted molar refractivity (Wildman–Crippen MR) is 75.6 cm³/mol. The first-order valence-electron chi connectivity index (χ1n) is 6.07. The minimum Gasteiger partial charge on any atom is -0.493 e. The van der Waals surface area contributed by atoms with Crippen LogP contribution < -0.4 is 15.2 Å². The number of halogens is 1. The summed E-state index contributed by atoms with van der Waals surface area (Å²) in [5.74, 6) is -1.47. The summed E-state index contributed by atoms with van der Waals surface area (Å²) in [5.41, 5.74) is 5.54. The summed E-state index contributed by atoms with van der Waals surface area (Å²) >= 11 is 0. The van der Waals surface area contributed by atoms with Gasteiger partial charge in [-0.25, -0.2) is 9.18 Å². The van der Waals surface area contributed by atoms with Crippen LogP contribution in [0.25, 0.3) is 0 Å². The van der Waals surface area contributed by atoms with Gasteiger partial charge in [-0.3, -0.25) is 0 Å². The van der Waals surface area contributed by atoms with E-state index in [1.807, 2.05) is 6.92 Å². The highest BCUT2D eigenvalue weighted by atomic mass is 19.1. The zero-order valence-electron chi connectivity index (χ0n) is 11.5. The summed E-state index contributed by atoms with van der Waals surface area (Å²) in [5, 5.41) is 9.16. The lowest BCUT2D eigenvalue weighted by Crippen LogP contribution is -2.07. The van der Waals surface area contributed by atoms with Crippen molar-refractivity contribution in [2.24, 2.45) is 0 Å². The van der Waals surface area contributed by atoms with Gasteiger partial charge in [0.15, 0.2) is 11.5 Å². The highest BCUT2D eigenvalue weighted by Gasteiger charge is 2.20. The van der Waals surface area contributed by atoms with Crippen molar-refractivity contribution in [2.45, 2.75) is 6.92 Å². The Bertz CT molecular complexity index is 700. The molecule has 0 aliphatic heterocycles. The molecule has 0 aromatic heterocycles. The molecule has 0 atom stereocenters. The molecule has 2 aromatic rings. The van der Waals surface area contributed by atoms with Gasteiger partial charge in [0.25, 0.3) is 0 Å². The maximum absolute atomic E-state index is 13.4. The Labute approximate surface area is 120 Å². The molecule has 5 nitrogen and oxygen atoms in total. The lowest BCUT2D eigenvalue weighted by Gasteiger charge is -2.14. The fourth-order valence-electron chi connectivity index (χ4n) is 1.86. The standard InChI is InChI=1S/C15H14FNO4/c1-8-3-5-10(12(7-8)20-2)21-11-6-4-9(16)14(17)13(11)15(18)19/h3-7H,17H2,1-2H3,(H,18,19). The van der Waals surface area contributed by atoms with E-state index in [1.54, 1.807) is 18.2 Å². The van der Waals surface area contributed by atoms with E-state index in [2.05, 4.69) is 0 Å². The molecule has 110 valence electrons. The Balaban J connectivity index is 2.50. The molecule has 2 rings (SSSR count). The molecule has 0 aliphatic carbocycles. The van der Waals surface area contributed by atoms with E-state index < -0.39 is 23.0 Å². The summed E-state index contributed by atoms with van der Waals surface area (Å²) in [7, 11) is 1.47. The summed E-state index contributed by atoms with van der Waals surface area (Å²) in [6.45, 7) is 1.88. The van der Waals surface area contributed by atoms with Crippen LogP contribution in [0, 0.1) is 12.7 Å². The van der Waals surface area contributed by atoms with Gasteiger partial charge in [0, 0.05) is 0 Å². The SMILES string of the molecule is COc1cc(C)ccc1Oc1ccc(F)c(N)c1C(=O)O. The summed E-state index contributed by atoms with van der Waals surface area (Å²) in [4.78, 5) is 11.2. The Morgan fingerprint density at radius 2 is 1.86 bits per heavy atom. The van der Waals surface area contributed by atoms with Gasteiger partial charge in [0.2, 0.25) is 0 Å². The largest absolute Gasteiger partial charge is 0.493 e. The van der Waals surface area contributed by atoms with Crippen molar-refractivity contribution in [3.63, 3.8) is 0 Å². The number of hydrogen-bond donors (Lipinski definition) is 2. The van der Waals surface area contributed by atoms with Gasteiger partial charge in [0.05, 0.1) is 12.8 Å². The van der Waals surface area contributed by atoms with Gasteiger partial charge in [-0.05, 0) is 36.8 Å². The van der Waals surface area contributed by atoms with Gasteiger partial charge in [-0.15, -0.1) is 0 Å².